The lowest BCUT2D eigenvalue weighted by Gasteiger charge is -2.41. The maximum Gasteiger partial charge on any atom is 0.417 e. The third kappa shape index (κ3) is 5.01. The summed E-state index contributed by atoms with van der Waals surface area (Å²) >= 11 is 0. The van der Waals surface area contributed by atoms with Crippen LogP contribution in [0.25, 0.3) is 33.5 Å². The number of hydrogen-bond donors (Lipinski definition) is 1. The first-order chi connectivity index (χ1) is 21.2. The molecule has 0 saturated carbocycles. The van der Waals surface area contributed by atoms with Crippen molar-refractivity contribution in [2.75, 3.05) is 44.8 Å². The van der Waals surface area contributed by atoms with E-state index in [0.717, 1.165) is 72.3 Å². The molecule has 1 unspecified atom stereocenters. The van der Waals surface area contributed by atoms with Crippen molar-refractivity contribution in [2.45, 2.75) is 57.2 Å². The predicted molar refractivity (Wildman–Crippen MR) is 164 cm³/mol. The lowest BCUT2D eigenvalue weighted by atomic mass is 9.89. The van der Waals surface area contributed by atoms with Gasteiger partial charge in [-0.25, -0.2) is 19.3 Å². The number of aromatic nitrogens is 5. The number of hydrogen-bond acceptors (Lipinski definition) is 9. The van der Waals surface area contributed by atoms with Crippen LogP contribution in [0.4, 0.5) is 10.5 Å². The van der Waals surface area contributed by atoms with E-state index < -0.39 is 11.7 Å². The minimum Gasteiger partial charge on any atom is -0.464 e. The number of nitrogens with zero attached hydrogens (tertiary/aromatic N) is 7. The van der Waals surface area contributed by atoms with Crippen LogP contribution in [0.5, 0.6) is 0 Å². The Bertz CT molecular complexity index is 1730. The SMILES string of the molecule is CC(=O)OC1(c2cc(-c3cnc4c(n3)c(-c3cnn(C5CCN(C)CC5)c3)cn4C(=O)O)cc(N3CCCC3C)c2)COC1. The van der Waals surface area contributed by atoms with E-state index in [1.165, 1.54) is 6.92 Å². The van der Waals surface area contributed by atoms with Gasteiger partial charge in [0.2, 0.25) is 0 Å². The van der Waals surface area contributed by atoms with Crippen LogP contribution in [0.1, 0.15) is 51.1 Å². The maximum absolute atomic E-state index is 12.2. The minimum absolute atomic E-state index is 0.261. The van der Waals surface area contributed by atoms with E-state index in [2.05, 4.69) is 46.0 Å². The van der Waals surface area contributed by atoms with Crippen LogP contribution in [-0.4, -0.2) is 92.3 Å². The summed E-state index contributed by atoms with van der Waals surface area (Å²) in [5.74, 6) is -0.364. The molecule has 230 valence electrons. The summed E-state index contributed by atoms with van der Waals surface area (Å²) in [7, 11) is 2.13. The number of ether oxygens (including phenoxy) is 2. The monoisotopic (exact) mass is 599 g/mol. The van der Waals surface area contributed by atoms with Crippen LogP contribution in [0.2, 0.25) is 0 Å². The molecule has 6 heterocycles. The molecule has 0 bridgehead atoms. The van der Waals surface area contributed by atoms with Gasteiger partial charge in [0.05, 0.1) is 37.3 Å². The van der Waals surface area contributed by atoms with Crippen LogP contribution in [0.15, 0.2) is 43.0 Å². The fraction of sp³-hybridized carbons (Fsp3) is 0.469. The molecule has 3 fully saturated rings. The number of likely N-dealkylation sites (tertiary alicyclic amines) is 1. The second-order valence-electron chi connectivity index (χ2n) is 12.4. The van der Waals surface area contributed by atoms with Crippen LogP contribution >= 0.6 is 0 Å². The molecule has 1 N–H and O–H groups in total. The summed E-state index contributed by atoms with van der Waals surface area (Å²) in [5.41, 5.74) is 4.59. The number of anilines is 1. The lowest BCUT2D eigenvalue weighted by molar-refractivity contribution is -0.216. The molecule has 1 atom stereocenters. The van der Waals surface area contributed by atoms with Crippen LogP contribution in [0.3, 0.4) is 0 Å². The maximum atomic E-state index is 12.2. The van der Waals surface area contributed by atoms with Crippen molar-refractivity contribution in [1.82, 2.24) is 29.2 Å². The molecular weight excluding hydrogens is 562 g/mol. The summed E-state index contributed by atoms with van der Waals surface area (Å²) in [6, 6.07) is 6.83. The first kappa shape index (κ1) is 28.5. The lowest BCUT2D eigenvalue weighted by Crippen LogP contribution is -2.50. The average molecular weight is 600 g/mol. The molecule has 12 heteroatoms. The predicted octanol–water partition coefficient (Wildman–Crippen LogP) is 4.53. The summed E-state index contributed by atoms with van der Waals surface area (Å²) in [4.78, 5) is 38.6. The highest BCUT2D eigenvalue weighted by Crippen LogP contribution is 2.40. The van der Waals surface area contributed by atoms with Crippen molar-refractivity contribution in [3.63, 3.8) is 0 Å². The molecule has 0 spiro atoms. The first-order valence-corrected chi connectivity index (χ1v) is 15.3. The van der Waals surface area contributed by atoms with E-state index >= 15 is 0 Å². The minimum atomic E-state index is -1.13. The highest BCUT2D eigenvalue weighted by atomic mass is 16.6. The van der Waals surface area contributed by atoms with Gasteiger partial charge in [0.15, 0.2) is 11.2 Å². The van der Waals surface area contributed by atoms with Crippen molar-refractivity contribution in [3.8, 4) is 22.4 Å². The van der Waals surface area contributed by atoms with E-state index in [9.17, 15) is 14.7 Å². The van der Waals surface area contributed by atoms with E-state index in [4.69, 9.17) is 14.5 Å². The fourth-order valence-corrected chi connectivity index (χ4v) is 6.78. The molecule has 4 aromatic rings. The van der Waals surface area contributed by atoms with Crippen molar-refractivity contribution < 1.29 is 24.2 Å². The van der Waals surface area contributed by atoms with Crippen molar-refractivity contribution in [2.24, 2.45) is 0 Å². The highest BCUT2D eigenvalue weighted by molar-refractivity contribution is 5.96. The number of fused-ring (bicyclic) bond motifs is 1. The molecule has 0 radical (unpaired) electrons. The Hall–Kier alpha value is -4.29. The van der Waals surface area contributed by atoms with Crippen LogP contribution in [-0.2, 0) is 19.9 Å². The van der Waals surface area contributed by atoms with Crippen LogP contribution in [0, 0.1) is 0 Å². The molecule has 3 aliphatic rings. The average Bonchev–Trinajstić information content (AvgIpc) is 3.73. The zero-order chi connectivity index (χ0) is 30.6. The standard InChI is InChI=1S/C32H37N7O5/c1-20-5-4-8-37(20)26-12-22(11-24(13-26)32(18-43-19-32)44-21(2)40)28-15-33-30-29(35-28)27(17-38(30)31(41)42)23-14-34-39(16-23)25-6-9-36(3)10-7-25/h11-17,20,25H,4-10,18-19H2,1-3H3,(H,41,42). The van der Waals surface area contributed by atoms with Gasteiger partial charge < -0.3 is 24.4 Å². The molecule has 1 aromatic carbocycles. The number of piperidine rings is 1. The van der Waals surface area contributed by atoms with Gasteiger partial charge in [0.1, 0.15) is 5.52 Å². The number of rotatable bonds is 6. The molecule has 12 nitrogen and oxygen atoms in total. The van der Waals surface area contributed by atoms with Crippen molar-refractivity contribution in [3.05, 3.63) is 48.5 Å². The Balaban J connectivity index is 1.33. The van der Waals surface area contributed by atoms with Gasteiger partial charge in [-0.2, -0.15) is 5.10 Å². The van der Waals surface area contributed by atoms with E-state index in [-0.39, 0.29) is 24.8 Å². The summed E-state index contributed by atoms with van der Waals surface area (Å²) in [5, 5.41) is 14.6. The van der Waals surface area contributed by atoms with Gasteiger partial charge in [-0.05, 0) is 70.9 Å². The summed E-state index contributed by atoms with van der Waals surface area (Å²) < 4.78 is 14.5. The van der Waals surface area contributed by atoms with Gasteiger partial charge in [0, 0.05) is 59.8 Å². The molecule has 3 aromatic heterocycles. The van der Waals surface area contributed by atoms with Crippen molar-refractivity contribution >= 4 is 28.9 Å². The number of carbonyl (C=O) groups is 2. The Kier molecular flexibility index (Phi) is 7.13. The molecule has 0 amide bonds. The summed E-state index contributed by atoms with van der Waals surface area (Å²) in [6.45, 7) is 7.14. The smallest absolute Gasteiger partial charge is 0.417 e. The Morgan fingerprint density at radius 1 is 1.05 bits per heavy atom. The van der Waals surface area contributed by atoms with E-state index in [1.54, 1.807) is 18.6 Å². The molecule has 44 heavy (non-hydrogen) atoms. The Labute approximate surface area is 255 Å². The highest BCUT2D eigenvalue weighted by Gasteiger charge is 2.44. The third-order valence-corrected chi connectivity index (χ3v) is 9.31. The molecular formula is C32H37N7O5. The van der Waals surface area contributed by atoms with Gasteiger partial charge >= 0.3 is 12.1 Å². The topological polar surface area (TPSA) is 128 Å². The number of benzene rings is 1. The zero-order valence-electron chi connectivity index (χ0n) is 25.3. The largest absolute Gasteiger partial charge is 0.464 e. The first-order valence-electron chi connectivity index (χ1n) is 15.3. The third-order valence-electron chi connectivity index (χ3n) is 9.31. The molecule has 0 aliphatic carbocycles. The van der Waals surface area contributed by atoms with Gasteiger partial charge in [0.25, 0.3) is 0 Å². The molecule has 3 aliphatic heterocycles. The second kappa shape index (κ2) is 11.0. The van der Waals surface area contributed by atoms with E-state index in [0.29, 0.717) is 28.9 Å². The van der Waals surface area contributed by atoms with E-state index in [1.807, 2.05) is 16.9 Å². The Morgan fingerprint density at radius 2 is 1.84 bits per heavy atom. The molecule has 3 saturated heterocycles. The number of esters is 1. The van der Waals surface area contributed by atoms with Crippen molar-refractivity contribution in [1.29, 1.82) is 0 Å². The zero-order valence-corrected chi connectivity index (χ0v) is 25.3. The van der Waals surface area contributed by atoms with Gasteiger partial charge in [-0.3, -0.25) is 9.48 Å². The Morgan fingerprint density at radius 3 is 2.50 bits per heavy atom. The normalized spacial score (nSPS) is 20.6. The van der Waals surface area contributed by atoms with Gasteiger partial charge in [-0.15, -0.1) is 0 Å². The quantitative estimate of drug-likeness (QED) is 0.316. The fourth-order valence-electron chi connectivity index (χ4n) is 6.78. The second-order valence-corrected chi connectivity index (χ2v) is 12.4. The van der Waals surface area contributed by atoms with Gasteiger partial charge in [-0.1, -0.05) is 0 Å². The number of carbonyl (C=O) groups excluding carboxylic acids is 1. The molecule has 7 rings (SSSR count). The van der Waals surface area contributed by atoms with Crippen LogP contribution < -0.4 is 4.90 Å². The number of carboxylic acid groups (broad SMARTS) is 1. The summed E-state index contributed by atoms with van der Waals surface area (Å²) in [6.07, 6.45) is 10.0.